The number of nitrogens with one attached hydrogen (secondary N) is 1. The molecule has 3 nitrogen and oxygen atoms in total. The van der Waals surface area contributed by atoms with Gasteiger partial charge in [0.05, 0.1) is 9.90 Å². The van der Waals surface area contributed by atoms with E-state index in [-0.39, 0.29) is 5.91 Å². The maximum absolute atomic E-state index is 11.8. The molecule has 88 valence electrons. The number of amides is 1. The first-order chi connectivity index (χ1) is 8.06. The van der Waals surface area contributed by atoms with Gasteiger partial charge in [-0.3, -0.25) is 4.79 Å². The van der Waals surface area contributed by atoms with Crippen LogP contribution >= 0.6 is 46.1 Å². The molecule has 2 heterocycles. The molecular weight excluding hydrogens is 303 g/mol. The van der Waals surface area contributed by atoms with Gasteiger partial charge in [0, 0.05) is 11.9 Å². The molecule has 0 aliphatic carbocycles. The molecule has 1 amide bonds. The van der Waals surface area contributed by atoms with Crippen LogP contribution in [0.15, 0.2) is 24.4 Å². The van der Waals surface area contributed by atoms with Crippen LogP contribution in [-0.4, -0.2) is 10.9 Å². The van der Waals surface area contributed by atoms with Crippen LogP contribution < -0.4 is 5.32 Å². The molecule has 0 saturated heterocycles. The summed E-state index contributed by atoms with van der Waals surface area (Å²) in [5.74, 6) is -0.333. The van der Waals surface area contributed by atoms with Crippen molar-refractivity contribution in [2.45, 2.75) is 0 Å². The summed E-state index contributed by atoms with van der Waals surface area (Å²) in [4.78, 5) is 15.7. The minimum absolute atomic E-state index is 0.303. The Kier molecular flexibility index (Phi) is 3.89. The van der Waals surface area contributed by atoms with E-state index in [0.717, 1.165) is 11.3 Å². The number of aromatic nitrogens is 1. The standard InChI is InChI=1S/C10H5Cl3N2OS/c11-7-3-5(1-2-14-7)15-10(16)6-4-8(12)17-9(6)13/h1-4H,(H,14,15,16). The SMILES string of the molecule is O=C(Nc1ccnc(Cl)c1)c1cc(Cl)sc1Cl. The number of hydrogen-bond acceptors (Lipinski definition) is 3. The molecule has 2 aromatic rings. The summed E-state index contributed by atoms with van der Waals surface area (Å²) in [6, 6.07) is 4.69. The van der Waals surface area contributed by atoms with Gasteiger partial charge in [-0.15, -0.1) is 11.3 Å². The molecular formula is C10H5Cl3N2OS. The predicted octanol–water partition coefficient (Wildman–Crippen LogP) is 4.36. The van der Waals surface area contributed by atoms with Gasteiger partial charge in [0.2, 0.25) is 0 Å². The van der Waals surface area contributed by atoms with Gasteiger partial charge in [-0.05, 0) is 18.2 Å². The van der Waals surface area contributed by atoms with Crippen molar-refractivity contribution in [1.82, 2.24) is 4.98 Å². The van der Waals surface area contributed by atoms with Crippen molar-refractivity contribution in [3.05, 3.63) is 43.8 Å². The lowest BCUT2D eigenvalue weighted by molar-refractivity contribution is 0.102. The molecule has 2 aromatic heterocycles. The second-order valence-corrected chi connectivity index (χ2v) is 5.73. The van der Waals surface area contributed by atoms with Crippen molar-refractivity contribution in [3.63, 3.8) is 0 Å². The zero-order chi connectivity index (χ0) is 12.4. The molecule has 0 aliphatic rings. The van der Waals surface area contributed by atoms with Crippen LogP contribution in [0.3, 0.4) is 0 Å². The smallest absolute Gasteiger partial charge is 0.258 e. The van der Waals surface area contributed by atoms with Crippen LogP contribution in [0.4, 0.5) is 5.69 Å². The molecule has 0 fully saturated rings. The first-order valence-electron chi connectivity index (χ1n) is 4.44. The highest BCUT2D eigenvalue weighted by molar-refractivity contribution is 7.20. The number of anilines is 1. The number of rotatable bonds is 2. The Morgan fingerprint density at radius 2 is 2.06 bits per heavy atom. The van der Waals surface area contributed by atoms with E-state index in [0.29, 0.717) is 25.1 Å². The number of carbonyl (C=O) groups is 1. The summed E-state index contributed by atoms with van der Waals surface area (Å²) in [6.45, 7) is 0. The molecule has 17 heavy (non-hydrogen) atoms. The van der Waals surface area contributed by atoms with E-state index in [9.17, 15) is 4.79 Å². The summed E-state index contributed by atoms with van der Waals surface area (Å²) in [5.41, 5.74) is 0.892. The highest BCUT2D eigenvalue weighted by Crippen LogP contribution is 2.31. The molecule has 7 heteroatoms. The van der Waals surface area contributed by atoms with Gasteiger partial charge in [-0.2, -0.15) is 0 Å². The maximum atomic E-state index is 11.8. The number of hydrogen-bond donors (Lipinski definition) is 1. The highest BCUT2D eigenvalue weighted by Gasteiger charge is 2.14. The van der Waals surface area contributed by atoms with E-state index >= 15 is 0 Å². The zero-order valence-electron chi connectivity index (χ0n) is 8.21. The Morgan fingerprint density at radius 3 is 2.65 bits per heavy atom. The van der Waals surface area contributed by atoms with Crippen molar-refractivity contribution in [2.24, 2.45) is 0 Å². The van der Waals surface area contributed by atoms with Crippen LogP contribution in [0.2, 0.25) is 13.8 Å². The van der Waals surface area contributed by atoms with Crippen LogP contribution in [0, 0.1) is 0 Å². The fourth-order valence-electron chi connectivity index (χ4n) is 1.17. The van der Waals surface area contributed by atoms with Crippen molar-refractivity contribution in [2.75, 3.05) is 5.32 Å². The van der Waals surface area contributed by atoms with Crippen molar-refractivity contribution >= 4 is 57.7 Å². The number of thiophene rings is 1. The lowest BCUT2D eigenvalue weighted by Crippen LogP contribution is -2.11. The zero-order valence-corrected chi connectivity index (χ0v) is 11.3. The van der Waals surface area contributed by atoms with Gasteiger partial charge in [-0.25, -0.2) is 4.98 Å². The molecule has 0 unspecified atom stereocenters. The number of carbonyl (C=O) groups excluding carboxylic acids is 1. The normalized spacial score (nSPS) is 10.3. The van der Waals surface area contributed by atoms with E-state index in [1.165, 1.54) is 12.3 Å². The Labute approximate surface area is 116 Å². The molecule has 1 N–H and O–H groups in total. The third-order valence-electron chi connectivity index (χ3n) is 1.89. The summed E-state index contributed by atoms with van der Waals surface area (Å²) in [6.07, 6.45) is 1.50. The minimum Gasteiger partial charge on any atom is -0.322 e. The van der Waals surface area contributed by atoms with E-state index in [1.807, 2.05) is 0 Å². The van der Waals surface area contributed by atoms with E-state index in [1.54, 1.807) is 12.1 Å². The third-order valence-corrected chi connectivity index (χ3v) is 3.58. The van der Waals surface area contributed by atoms with Gasteiger partial charge in [0.25, 0.3) is 5.91 Å². The molecule has 0 saturated carbocycles. The first-order valence-corrected chi connectivity index (χ1v) is 6.39. The minimum atomic E-state index is -0.333. The van der Waals surface area contributed by atoms with Crippen molar-refractivity contribution < 1.29 is 4.79 Å². The number of pyridine rings is 1. The molecule has 2 rings (SSSR count). The van der Waals surface area contributed by atoms with E-state index in [4.69, 9.17) is 34.8 Å². The summed E-state index contributed by atoms with van der Waals surface area (Å²) in [7, 11) is 0. The quantitative estimate of drug-likeness (QED) is 0.838. The van der Waals surface area contributed by atoms with E-state index in [2.05, 4.69) is 10.3 Å². The molecule has 0 spiro atoms. The monoisotopic (exact) mass is 306 g/mol. The van der Waals surface area contributed by atoms with E-state index < -0.39 is 0 Å². The molecule has 0 bridgehead atoms. The predicted molar refractivity (Wildman–Crippen MR) is 71.5 cm³/mol. The molecule has 0 aliphatic heterocycles. The Bertz CT molecular complexity index is 570. The fourth-order valence-corrected chi connectivity index (χ4v) is 2.81. The second-order valence-electron chi connectivity index (χ2n) is 3.06. The van der Waals surface area contributed by atoms with Gasteiger partial charge in [0.15, 0.2) is 0 Å². The average molecular weight is 308 g/mol. The van der Waals surface area contributed by atoms with Crippen LogP contribution in [0.5, 0.6) is 0 Å². The van der Waals surface area contributed by atoms with Gasteiger partial charge in [0.1, 0.15) is 9.49 Å². The Morgan fingerprint density at radius 1 is 1.29 bits per heavy atom. The van der Waals surface area contributed by atoms with Gasteiger partial charge in [-0.1, -0.05) is 34.8 Å². The first kappa shape index (κ1) is 12.6. The average Bonchev–Trinajstić information content (AvgIpc) is 2.58. The number of halogens is 3. The van der Waals surface area contributed by atoms with Crippen molar-refractivity contribution in [3.8, 4) is 0 Å². The Balaban J connectivity index is 2.20. The largest absolute Gasteiger partial charge is 0.322 e. The van der Waals surface area contributed by atoms with Crippen molar-refractivity contribution in [1.29, 1.82) is 0 Å². The number of nitrogens with zero attached hydrogens (tertiary/aromatic N) is 1. The fraction of sp³-hybridized carbons (Fsp3) is 0. The summed E-state index contributed by atoms with van der Waals surface area (Å²) < 4.78 is 0.820. The topological polar surface area (TPSA) is 42.0 Å². The lowest BCUT2D eigenvalue weighted by Gasteiger charge is -2.03. The van der Waals surface area contributed by atoms with Gasteiger partial charge < -0.3 is 5.32 Å². The third kappa shape index (κ3) is 3.10. The van der Waals surface area contributed by atoms with Gasteiger partial charge >= 0.3 is 0 Å². The lowest BCUT2D eigenvalue weighted by atomic mass is 10.3. The second kappa shape index (κ2) is 5.23. The van der Waals surface area contributed by atoms with Crippen LogP contribution in [-0.2, 0) is 0 Å². The summed E-state index contributed by atoms with van der Waals surface area (Å²) >= 11 is 18.5. The molecule has 0 radical (unpaired) electrons. The van der Waals surface area contributed by atoms with Crippen LogP contribution in [0.25, 0.3) is 0 Å². The summed E-state index contributed by atoms with van der Waals surface area (Å²) in [5, 5.41) is 2.96. The van der Waals surface area contributed by atoms with Crippen LogP contribution in [0.1, 0.15) is 10.4 Å². The molecule has 0 aromatic carbocycles. The highest BCUT2D eigenvalue weighted by atomic mass is 35.5. The Hall–Kier alpha value is -0.810. The maximum Gasteiger partial charge on any atom is 0.258 e. The molecule has 0 atom stereocenters.